The number of anilines is 1. The fourth-order valence-corrected chi connectivity index (χ4v) is 2.68. The lowest BCUT2D eigenvalue weighted by atomic mass is 9.95. The molecule has 0 amide bonds. The third-order valence-electron chi connectivity index (χ3n) is 3.23. The number of alkyl halides is 1. The number of halogens is 1. The van der Waals surface area contributed by atoms with Crippen LogP contribution in [-0.4, -0.2) is 24.0 Å². The molecule has 88 valence electrons. The number of hydrogen-bond donors (Lipinski definition) is 0. The predicted octanol–water partition coefficient (Wildman–Crippen LogP) is 3.24. The van der Waals surface area contributed by atoms with Crippen molar-refractivity contribution >= 4 is 17.4 Å². The van der Waals surface area contributed by atoms with Crippen LogP contribution < -0.4 is 4.90 Å². The number of hydrogen-bond acceptors (Lipinski definition) is 2. The Balaban J connectivity index is 2.03. The molecule has 0 spiro atoms. The Bertz CT molecular complexity index is 338. The van der Waals surface area contributed by atoms with Crippen molar-refractivity contribution in [2.75, 3.05) is 23.9 Å². The van der Waals surface area contributed by atoms with Crippen LogP contribution in [0.4, 0.5) is 5.82 Å². The molecular weight excluding hydrogens is 220 g/mol. The van der Waals surface area contributed by atoms with Gasteiger partial charge in [-0.05, 0) is 44.2 Å². The summed E-state index contributed by atoms with van der Waals surface area (Å²) < 4.78 is 0. The highest BCUT2D eigenvalue weighted by Crippen LogP contribution is 2.23. The SMILES string of the molecule is Cc1cccc(N2CCCC(CCCl)C2)n1. The Morgan fingerprint density at radius 1 is 1.50 bits per heavy atom. The van der Waals surface area contributed by atoms with Crippen LogP contribution >= 0.6 is 11.6 Å². The standard InChI is InChI=1S/C13H19ClN2/c1-11-4-2-6-13(15-11)16-9-3-5-12(10-16)7-8-14/h2,4,6,12H,3,5,7-10H2,1H3. The molecule has 1 aliphatic rings. The smallest absolute Gasteiger partial charge is 0.128 e. The monoisotopic (exact) mass is 238 g/mol. The number of aromatic nitrogens is 1. The lowest BCUT2D eigenvalue weighted by molar-refractivity contribution is 0.404. The largest absolute Gasteiger partial charge is 0.356 e. The maximum absolute atomic E-state index is 5.82. The summed E-state index contributed by atoms with van der Waals surface area (Å²) in [4.78, 5) is 6.98. The lowest BCUT2D eigenvalue weighted by Gasteiger charge is -2.33. The number of pyridine rings is 1. The van der Waals surface area contributed by atoms with Crippen molar-refractivity contribution in [3.05, 3.63) is 23.9 Å². The number of aryl methyl sites for hydroxylation is 1. The molecule has 0 aromatic carbocycles. The van der Waals surface area contributed by atoms with E-state index >= 15 is 0 Å². The van der Waals surface area contributed by atoms with Gasteiger partial charge in [-0.1, -0.05) is 6.07 Å². The summed E-state index contributed by atoms with van der Waals surface area (Å²) in [6.07, 6.45) is 3.70. The number of nitrogens with zero attached hydrogens (tertiary/aromatic N) is 2. The molecule has 2 nitrogen and oxygen atoms in total. The summed E-state index contributed by atoms with van der Waals surface area (Å²) >= 11 is 5.82. The zero-order valence-electron chi connectivity index (χ0n) is 9.82. The van der Waals surface area contributed by atoms with Gasteiger partial charge < -0.3 is 4.90 Å². The second-order valence-corrected chi connectivity index (χ2v) is 4.95. The first kappa shape index (κ1) is 11.7. The quantitative estimate of drug-likeness (QED) is 0.752. The van der Waals surface area contributed by atoms with Crippen LogP contribution in [0.2, 0.25) is 0 Å². The van der Waals surface area contributed by atoms with Gasteiger partial charge >= 0.3 is 0 Å². The summed E-state index contributed by atoms with van der Waals surface area (Å²) in [7, 11) is 0. The van der Waals surface area contributed by atoms with Crippen molar-refractivity contribution in [2.45, 2.75) is 26.2 Å². The van der Waals surface area contributed by atoms with E-state index in [0.29, 0.717) is 0 Å². The van der Waals surface area contributed by atoms with Gasteiger partial charge in [0.15, 0.2) is 0 Å². The Hall–Kier alpha value is -0.760. The van der Waals surface area contributed by atoms with Gasteiger partial charge in [0, 0.05) is 24.7 Å². The van der Waals surface area contributed by atoms with Crippen LogP contribution in [0.5, 0.6) is 0 Å². The molecule has 16 heavy (non-hydrogen) atoms. The molecule has 0 saturated carbocycles. The second kappa shape index (κ2) is 5.53. The maximum Gasteiger partial charge on any atom is 0.128 e. The third kappa shape index (κ3) is 2.88. The minimum atomic E-state index is 0.744. The zero-order chi connectivity index (χ0) is 11.4. The molecule has 1 atom stereocenters. The van der Waals surface area contributed by atoms with Crippen LogP contribution in [-0.2, 0) is 0 Å². The molecule has 2 rings (SSSR count). The van der Waals surface area contributed by atoms with Crippen molar-refractivity contribution in [3.8, 4) is 0 Å². The molecule has 1 unspecified atom stereocenters. The summed E-state index contributed by atoms with van der Waals surface area (Å²) in [6.45, 7) is 4.29. The molecular formula is C13H19ClN2. The number of piperidine rings is 1. The predicted molar refractivity (Wildman–Crippen MR) is 69.2 cm³/mol. The van der Waals surface area contributed by atoms with Crippen LogP contribution in [0.3, 0.4) is 0 Å². The van der Waals surface area contributed by atoms with Gasteiger partial charge in [0.1, 0.15) is 5.82 Å². The highest BCUT2D eigenvalue weighted by atomic mass is 35.5. The lowest BCUT2D eigenvalue weighted by Crippen LogP contribution is -2.36. The fourth-order valence-electron chi connectivity index (χ4n) is 2.37. The Morgan fingerprint density at radius 2 is 2.38 bits per heavy atom. The molecule has 0 radical (unpaired) electrons. The van der Waals surface area contributed by atoms with Crippen molar-refractivity contribution in [3.63, 3.8) is 0 Å². The molecule has 2 heterocycles. The molecule has 3 heteroatoms. The van der Waals surface area contributed by atoms with Gasteiger partial charge in [-0.3, -0.25) is 0 Å². The van der Waals surface area contributed by atoms with Crippen molar-refractivity contribution < 1.29 is 0 Å². The van der Waals surface area contributed by atoms with Crippen LogP contribution in [0.25, 0.3) is 0 Å². The topological polar surface area (TPSA) is 16.1 Å². The minimum absolute atomic E-state index is 0.744. The summed E-state index contributed by atoms with van der Waals surface area (Å²) in [5.41, 5.74) is 1.09. The van der Waals surface area contributed by atoms with E-state index in [9.17, 15) is 0 Å². The Labute approximate surface area is 103 Å². The molecule has 0 bridgehead atoms. The molecule has 1 aliphatic heterocycles. The first-order valence-corrected chi connectivity index (χ1v) is 6.57. The molecule has 1 saturated heterocycles. The third-order valence-corrected chi connectivity index (χ3v) is 3.45. The average Bonchev–Trinajstić information content (AvgIpc) is 2.30. The van der Waals surface area contributed by atoms with Gasteiger partial charge in [0.05, 0.1) is 0 Å². The van der Waals surface area contributed by atoms with Gasteiger partial charge in [-0.15, -0.1) is 11.6 Å². The average molecular weight is 239 g/mol. The Morgan fingerprint density at radius 3 is 3.12 bits per heavy atom. The van der Waals surface area contributed by atoms with E-state index in [4.69, 9.17) is 11.6 Å². The molecule has 1 aromatic heterocycles. The van der Waals surface area contributed by atoms with Crippen molar-refractivity contribution in [1.29, 1.82) is 0 Å². The van der Waals surface area contributed by atoms with Gasteiger partial charge in [0.25, 0.3) is 0 Å². The van der Waals surface area contributed by atoms with E-state index in [1.165, 1.54) is 12.8 Å². The summed E-state index contributed by atoms with van der Waals surface area (Å²) in [5, 5.41) is 0. The summed E-state index contributed by atoms with van der Waals surface area (Å²) in [6, 6.07) is 6.24. The normalized spacial score (nSPS) is 21.1. The van der Waals surface area contributed by atoms with E-state index in [-0.39, 0.29) is 0 Å². The second-order valence-electron chi connectivity index (χ2n) is 4.57. The van der Waals surface area contributed by atoms with Gasteiger partial charge in [-0.2, -0.15) is 0 Å². The number of rotatable bonds is 3. The van der Waals surface area contributed by atoms with E-state index in [1.54, 1.807) is 0 Å². The van der Waals surface area contributed by atoms with Crippen LogP contribution in [0.15, 0.2) is 18.2 Å². The van der Waals surface area contributed by atoms with E-state index < -0.39 is 0 Å². The zero-order valence-corrected chi connectivity index (χ0v) is 10.6. The van der Waals surface area contributed by atoms with E-state index in [0.717, 1.165) is 42.8 Å². The fraction of sp³-hybridized carbons (Fsp3) is 0.615. The minimum Gasteiger partial charge on any atom is -0.356 e. The maximum atomic E-state index is 5.82. The van der Waals surface area contributed by atoms with Crippen molar-refractivity contribution in [2.24, 2.45) is 5.92 Å². The Kier molecular flexibility index (Phi) is 4.05. The van der Waals surface area contributed by atoms with E-state index in [2.05, 4.69) is 22.0 Å². The van der Waals surface area contributed by atoms with Crippen molar-refractivity contribution in [1.82, 2.24) is 4.98 Å². The first-order valence-electron chi connectivity index (χ1n) is 6.04. The highest BCUT2D eigenvalue weighted by molar-refractivity contribution is 6.17. The highest BCUT2D eigenvalue weighted by Gasteiger charge is 2.20. The molecule has 1 aromatic rings. The summed E-state index contributed by atoms with van der Waals surface area (Å²) in [5.74, 6) is 2.65. The van der Waals surface area contributed by atoms with Gasteiger partial charge in [-0.25, -0.2) is 4.98 Å². The van der Waals surface area contributed by atoms with Crippen LogP contribution in [0.1, 0.15) is 25.0 Å². The van der Waals surface area contributed by atoms with Gasteiger partial charge in [0.2, 0.25) is 0 Å². The van der Waals surface area contributed by atoms with E-state index in [1.807, 2.05) is 13.0 Å². The molecule has 0 aliphatic carbocycles. The molecule has 1 fully saturated rings. The molecule has 0 N–H and O–H groups in total. The first-order chi connectivity index (χ1) is 7.79. The van der Waals surface area contributed by atoms with Crippen LogP contribution in [0, 0.1) is 12.8 Å².